The number of benzene rings is 3. The van der Waals surface area contributed by atoms with E-state index in [1.54, 1.807) is 36.4 Å². The van der Waals surface area contributed by atoms with Gasteiger partial charge in [-0.2, -0.15) is 5.10 Å². The van der Waals surface area contributed by atoms with Gasteiger partial charge in [0, 0.05) is 11.3 Å². The van der Waals surface area contributed by atoms with Crippen LogP contribution < -0.4 is 15.5 Å². The molecule has 3 rings (SSSR count). The Morgan fingerprint density at radius 1 is 0.938 bits per heavy atom. The largest absolute Gasteiger partial charge is 0.481 e. The van der Waals surface area contributed by atoms with Crippen LogP contribution in [0.4, 0.5) is 5.69 Å². The van der Waals surface area contributed by atoms with Crippen molar-refractivity contribution in [2.45, 2.75) is 13.8 Å². The molecule has 0 fully saturated rings. The number of aryl methyl sites for hydroxylation is 2. The van der Waals surface area contributed by atoms with Gasteiger partial charge < -0.3 is 10.1 Å². The molecule has 0 aliphatic carbocycles. The van der Waals surface area contributed by atoms with Crippen molar-refractivity contribution in [3.63, 3.8) is 0 Å². The number of nitrogens with zero attached hydrogens (tertiary/aromatic N) is 1. The molecule has 0 saturated carbocycles. The first kappa shape index (κ1) is 23.3. The van der Waals surface area contributed by atoms with E-state index < -0.39 is 0 Å². The summed E-state index contributed by atoms with van der Waals surface area (Å²) in [7, 11) is 0. The van der Waals surface area contributed by atoms with Gasteiger partial charge in [0.15, 0.2) is 12.4 Å². The van der Waals surface area contributed by atoms with Gasteiger partial charge in [-0.15, -0.1) is 0 Å². The van der Waals surface area contributed by atoms with E-state index in [0.717, 1.165) is 11.1 Å². The SMILES string of the molecule is Cc1ccc(NC(=O)COc2c(Cl)cc(/C=N/NC(=O)c3ccc(C)cc3)cc2Cl)cc1. The van der Waals surface area contributed by atoms with Crippen LogP contribution in [0.25, 0.3) is 0 Å². The van der Waals surface area contributed by atoms with E-state index in [9.17, 15) is 9.59 Å². The molecule has 2 amide bonds. The maximum atomic E-state index is 12.1. The average Bonchev–Trinajstić information content (AvgIpc) is 2.75. The van der Waals surface area contributed by atoms with E-state index in [0.29, 0.717) is 16.8 Å². The van der Waals surface area contributed by atoms with E-state index in [1.807, 2.05) is 38.1 Å². The minimum atomic E-state index is -0.342. The minimum absolute atomic E-state index is 0.188. The molecule has 0 aliphatic rings. The Balaban J connectivity index is 1.57. The monoisotopic (exact) mass is 469 g/mol. The summed E-state index contributed by atoms with van der Waals surface area (Å²) in [6.45, 7) is 3.65. The van der Waals surface area contributed by atoms with Gasteiger partial charge in [-0.25, -0.2) is 5.43 Å². The molecule has 0 bridgehead atoms. The van der Waals surface area contributed by atoms with Gasteiger partial charge in [0.2, 0.25) is 0 Å². The molecular formula is C24H21Cl2N3O3. The van der Waals surface area contributed by atoms with Gasteiger partial charge in [0.25, 0.3) is 11.8 Å². The first-order valence-electron chi connectivity index (χ1n) is 9.70. The van der Waals surface area contributed by atoms with E-state index in [1.165, 1.54) is 6.21 Å². The van der Waals surface area contributed by atoms with E-state index in [-0.39, 0.29) is 34.2 Å². The second-order valence-corrected chi connectivity index (χ2v) is 7.90. The summed E-state index contributed by atoms with van der Waals surface area (Å²) in [5.41, 5.74) is 6.32. The molecule has 0 unspecified atom stereocenters. The van der Waals surface area contributed by atoms with Crippen molar-refractivity contribution in [2.75, 3.05) is 11.9 Å². The van der Waals surface area contributed by atoms with Gasteiger partial charge in [0.05, 0.1) is 16.3 Å². The Kier molecular flexibility index (Phi) is 7.87. The first-order valence-corrected chi connectivity index (χ1v) is 10.5. The van der Waals surface area contributed by atoms with Crippen molar-refractivity contribution >= 4 is 46.9 Å². The molecule has 3 aromatic rings. The van der Waals surface area contributed by atoms with E-state index in [4.69, 9.17) is 27.9 Å². The van der Waals surface area contributed by atoms with Crippen LogP contribution in [0.5, 0.6) is 5.75 Å². The fourth-order valence-electron chi connectivity index (χ4n) is 2.70. The minimum Gasteiger partial charge on any atom is -0.481 e. The van der Waals surface area contributed by atoms with Crippen molar-refractivity contribution < 1.29 is 14.3 Å². The zero-order valence-corrected chi connectivity index (χ0v) is 19.0. The molecule has 0 aromatic heterocycles. The number of amides is 2. The van der Waals surface area contributed by atoms with Crippen LogP contribution in [0, 0.1) is 13.8 Å². The Morgan fingerprint density at radius 2 is 1.50 bits per heavy atom. The molecule has 8 heteroatoms. The third-order valence-electron chi connectivity index (χ3n) is 4.40. The highest BCUT2D eigenvalue weighted by Gasteiger charge is 2.12. The van der Waals surface area contributed by atoms with Gasteiger partial charge in [-0.3, -0.25) is 9.59 Å². The Bertz CT molecular complexity index is 1120. The number of carbonyl (C=O) groups excluding carboxylic acids is 2. The second-order valence-electron chi connectivity index (χ2n) is 7.08. The van der Waals surface area contributed by atoms with E-state index >= 15 is 0 Å². The number of anilines is 1. The number of halogens is 2. The molecule has 0 radical (unpaired) electrons. The average molecular weight is 470 g/mol. The lowest BCUT2D eigenvalue weighted by Gasteiger charge is -2.11. The Morgan fingerprint density at radius 3 is 2.09 bits per heavy atom. The maximum Gasteiger partial charge on any atom is 0.271 e. The number of ether oxygens (including phenoxy) is 1. The molecule has 0 aliphatic heterocycles. The molecule has 0 saturated heterocycles. The molecule has 2 N–H and O–H groups in total. The van der Waals surface area contributed by atoms with Gasteiger partial charge >= 0.3 is 0 Å². The summed E-state index contributed by atoms with van der Waals surface area (Å²) in [5, 5.41) is 7.10. The lowest BCUT2D eigenvalue weighted by atomic mass is 10.1. The highest BCUT2D eigenvalue weighted by Crippen LogP contribution is 2.33. The summed E-state index contributed by atoms with van der Waals surface area (Å²) in [6, 6.07) is 17.7. The molecule has 0 spiro atoms. The standard InChI is InChI=1S/C24H21Cl2N3O3/c1-15-3-7-18(8-4-15)24(31)29-27-13-17-11-20(25)23(21(26)12-17)32-14-22(30)28-19-9-5-16(2)6-10-19/h3-13H,14H2,1-2H3,(H,28,30)(H,29,31)/b27-13+. The third kappa shape index (κ3) is 6.57. The number of hydrazone groups is 1. The predicted molar refractivity (Wildman–Crippen MR) is 128 cm³/mol. The number of carbonyl (C=O) groups is 2. The van der Waals surface area contributed by atoms with Gasteiger partial charge in [-0.1, -0.05) is 58.6 Å². The molecule has 3 aromatic carbocycles. The van der Waals surface area contributed by atoms with Crippen LogP contribution in [0.2, 0.25) is 10.0 Å². The highest BCUT2D eigenvalue weighted by molar-refractivity contribution is 6.37. The van der Waals surface area contributed by atoms with Crippen LogP contribution in [0.1, 0.15) is 27.0 Å². The predicted octanol–water partition coefficient (Wildman–Crippen LogP) is 5.39. The quantitative estimate of drug-likeness (QED) is 0.359. The molecular weight excluding hydrogens is 449 g/mol. The summed E-state index contributed by atoms with van der Waals surface area (Å²) >= 11 is 12.5. The Hall–Kier alpha value is -3.35. The van der Waals surface area contributed by atoms with Crippen molar-refractivity contribution in [3.8, 4) is 5.75 Å². The lowest BCUT2D eigenvalue weighted by Crippen LogP contribution is -2.20. The topological polar surface area (TPSA) is 79.8 Å². The summed E-state index contributed by atoms with van der Waals surface area (Å²) in [4.78, 5) is 24.2. The fraction of sp³-hybridized carbons (Fsp3) is 0.125. The smallest absolute Gasteiger partial charge is 0.271 e. The van der Waals surface area contributed by atoms with Crippen molar-refractivity contribution in [1.82, 2.24) is 5.43 Å². The number of hydrogen-bond donors (Lipinski definition) is 2. The molecule has 0 heterocycles. The van der Waals surface area contributed by atoms with Crippen molar-refractivity contribution in [2.24, 2.45) is 5.10 Å². The van der Waals surface area contributed by atoms with Gasteiger partial charge in [-0.05, 0) is 55.8 Å². The lowest BCUT2D eigenvalue weighted by molar-refractivity contribution is -0.118. The fourth-order valence-corrected chi connectivity index (χ4v) is 3.31. The summed E-state index contributed by atoms with van der Waals surface area (Å²) in [5.74, 6) is -0.489. The van der Waals surface area contributed by atoms with Crippen LogP contribution in [0.15, 0.2) is 65.8 Å². The summed E-state index contributed by atoms with van der Waals surface area (Å²) < 4.78 is 5.50. The second kappa shape index (κ2) is 10.8. The summed E-state index contributed by atoms with van der Waals surface area (Å²) in [6.07, 6.45) is 1.41. The molecule has 164 valence electrons. The van der Waals surface area contributed by atoms with Gasteiger partial charge in [0.1, 0.15) is 0 Å². The highest BCUT2D eigenvalue weighted by atomic mass is 35.5. The first-order chi connectivity index (χ1) is 15.3. The van der Waals surface area contributed by atoms with E-state index in [2.05, 4.69) is 15.8 Å². The van der Waals surface area contributed by atoms with Crippen LogP contribution in [-0.4, -0.2) is 24.6 Å². The normalized spacial score (nSPS) is 10.8. The molecule has 6 nitrogen and oxygen atoms in total. The zero-order chi connectivity index (χ0) is 23.1. The van der Waals surface area contributed by atoms with Crippen LogP contribution >= 0.6 is 23.2 Å². The van der Waals surface area contributed by atoms with Crippen molar-refractivity contribution in [1.29, 1.82) is 0 Å². The molecule has 0 atom stereocenters. The van der Waals surface area contributed by atoms with Crippen LogP contribution in [-0.2, 0) is 4.79 Å². The Labute approximate surface area is 196 Å². The van der Waals surface area contributed by atoms with Crippen molar-refractivity contribution in [3.05, 3.63) is 93.0 Å². The number of nitrogens with one attached hydrogen (secondary N) is 2. The zero-order valence-electron chi connectivity index (χ0n) is 17.5. The molecule has 32 heavy (non-hydrogen) atoms. The van der Waals surface area contributed by atoms with Crippen LogP contribution in [0.3, 0.4) is 0 Å². The third-order valence-corrected chi connectivity index (χ3v) is 4.96. The number of hydrogen-bond acceptors (Lipinski definition) is 4. The maximum absolute atomic E-state index is 12.1. The number of rotatable bonds is 7.